The van der Waals surface area contributed by atoms with E-state index in [4.69, 9.17) is 5.73 Å². The predicted molar refractivity (Wildman–Crippen MR) is 70.0 cm³/mol. The Morgan fingerprint density at radius 1 is 1.41 bits per heavy atom. The van der Waals surface area contributed by atoms with Gasteiger partial charge in [0.05, 0.1) is 5.54 Å². The van der Waals surface area contributed by atoms with Crippen molar-refractivity contribution in [3.63, 3.8) is 0 Å². The Hall–Kier alpha value is -1.15. The number of rotatable bonds is 3. The summed E-state index contributed by atoms with van der Waals surface area (Å²) in [5.74, 6) is 0.537. The molecule has 0 radical (unpaired) electrons. The van der Waals surface area contributed by atoms with Crippen LogP contribution in [-0.2, 0) is 11.2 Å². The van der Waals surface area contributed by atoms with Crippen LogP contribution < -0.4 is 5.73 Å². The third-order valence-electron chi connectivity index (χ3n) is 3.64. The maximum Gasteiger partial charge on any atom is 0.152 e. The van der Waals surface area contributed by atoms with Crippen LogP contribution in [0, 0.1) is 0 Å². The molecule has 2 N–H and O–H groups in total. The summed E-state index contributed by atoms with van der Waals surface area (Å²) in [5, 5.41) is 0. The smallest absolute Gasteiger partial charge is 0.152 e. The fourth-order valence-electron chi connectivity index (χ4n) is 2.55. The van der Waals surface area contributed by atoms with Crippen molar-refractivity contribution in [3.8, 4) is 0 Å². The number of carbonyl (C=O) groups is 1. The summed E-state index contributed by atoms with van der Waals surface area (Å²) >= 11 is 0. The second-order valence-electron chi connectivity index (χ2n) is 5.64. The van der Waals surface area contributed by atoms with E-state index in [-0.39, 0.29) is 5.78 Å². The van der Waals surface area contributed by atoms with Gasteiger partial charge in [-0.1, -0.05) is 24.3 Å². The number of Topliss-reactive ketones (excluding diaryl/α,β-unsaturated/α-hetero) is 1. The minimum Gasteiger partial charge on any atom is -0.319 e. The van der Waals surface area contributed by atoms with Gasteiger partial charge in [-0.3, -0.25) is 4.79 Å². The van der Waals surface area contributed by atoms with Gasteiger partial charge >= 0.3 is 0 Å². The maximum absolute atomic E-state index is 12.0. The molecule has 0 amide bonds. The van der Waals surface area contributed by atoms with Gasteiger partial charge in [0.1, 0.15) is 0 Å². The van der Waals surface area contributed by atoms with Crippen LogP contribution in [0.4, 0.5) is 0 Å². The van der Waals surface area contributed by atoms with E-state index in [1.165, 1.54) is 17.5 Å². The van der Waals surface area contributed by atoms with Crippen molar-refractivity contribution in [2.75, 3.05) is 0 Å². The minimum atomic E-state index is -0.702. The Labute approximate surface area is 103 Å². The summed E-state index contributed by atoms with van der Waals surface area (Å²) in [5.41, 5.74) is 7.93. The van der Waals surface area contributed by atoms with E-state index >= 15 is 0 Å². The van der Waals surface area contributed by atoms with Crippen LogP contribution in [0.2, 0.25) is 0 Å². The van der Waals surface area contributed by atoms with E-state index in [9.17, 15) is 4.79 Å². The zero-order chi connectivity index (χ0) is 12.5. The quantitative estimate of drug-likeness (QED) is 0.869. The van der Waals surface area contributed by atoms with Gasteiger partial charge in [-0.05, 0) is 50.2 Å². The van der Waals surface area contributed by atoms with Crippen LogP contribution in [-0.4, -0.2) is 11.3 Å². The molecule has 0 saturated carbocycles. The first kappa shape index (κ1) is 12.3. The summed E-state index contributed by atoms with van der Waals surface area (Å²) in [6.07, 6.45) is 4.02. The van der Waals surface area contributed by atoms with Crippen LogP contribution in [0.25, 0.3) is 0 Å². The lowest BCUT2D eigenvalue weighted by atomic mass is 9.78. The number of hydrogen-bond acceptors (Lipinski definition) is 2. The van der Waals surface area contributed by atoms with Crippen LogP contribution in [0.5, 0.6) is 0 Å². The highest BCUT2D eigenvalue weighted by Gasteiger charge is 2.28. The monoisotopic (exact) mass is 231 g/mol. The number of nitrogens with two attached hydrogens (primary N) is 1. The van der Waals surface area contributed by atoms with E-state index in [1.54, 1.807) is 13.8 Å². The van der Waals surface area contributed by atoms with E-state index in [0.717, 1.165) is 12.8 Å². The number of aryl methyl sites for hydroxylation is 1. The zero-order valence-electron chi connectivity index (χ0n) is 10.7. The highest BCUT2D eigenvalue weighted by Crippen LogP contribution is 2.34. The summed E-state index contributed by atoms with van der Waals surface area (Å²) in [6.45, 7) is 3.59. The van der Waals surface area contributed by atoms with Gasteiger partial charge in [0.25, 0.3) is 0 Å². The van der Waals surface area contributed by atoms with E-state index in [1.807, 2.05) is 0 Å². The van der Waals surface area contributed by atoms with Gasteiger partial charge in [-0.25, -0.2) is 0 Å². The number of fused-ring (bicyclic) bond motifs is 1. The lowest BCUT2D eigenvalue weighted by Gasteiger charge is -2.27. The largest absolute Gasteiger partial charge is 0.319 e. The molecule has 1 aliphatic carbocycles. The highest BCUT2D eigenvalue weighted by atomic mass is 16.1. The molecule has 2 nitrogen and oxygen atoms in total. The average molecular weight is 231 g/mol. The first-order valence-electron chi connectivity index (χ1n) is 6.38. The van der Waals surface area contributed by atoms with Crippen molar-refractivity contribution in [1.29, 1.82) is 0 Å². The average Bonchev–Trinajstić information content (AvgIpc) is 2.28. The minimum absolute atomic E-state index is 0.166. The van der Waals surface area contributed by atoms with Crippen LogP contribution >= 0.6 is 0 Å². The molecule has 2 rings (SSSR count). The Kier molecular flexibility index (Phi) is 3.34. The second kappa shape index (κ2) is 4.61. The lowest BCUT2D eigenvalue weighted by molar-refractivity contribution is -0.123. The van der Waals surface area contributed by atoms with Gasteiger partial charge in [0.2, 0.25) is 0 Å². The highest BCUT2D eigenvalue weighted by molar-refractivity contribution is 5.88. The molecular formula is C15H21NO. The van der Waals surface area contributed by atoms with Crippen LogP contribution in [0.15, 0.2) is 24.3 Å². The standard InChI is InChI=1S/C15H21NO/c1-15(2,16)14(17)10-12-8-5-7-11-6-3-4-9-13(11)12/h3-4,6,9,12H,5,7-8,10,16H2,1-2H3. The van der Waals surface area contributed by atoms with Gasteiger partial charge in [-0.2, -0.15) is 0 Å². The molecule has 0 aliphatic heterocycles. The van der Waals surface area contributed by atoms with Crippen molar-refractivity contribution < 1.29 is 4.79 Å². The summed E-state index contributed by atoms with van der Waals surface area (Å²) in [4.78, 5) is 12.0. The molecule has 0 saturated heterocycles. The SMILES string of the molecule is CC(C)(N)C(=O)CC1CCCc2ccccc21. The van der Waals surface area contributed by atoms with Gasteiger partial charge < -0.3 is 5.73 Å². The summed E-state index contributed by atoms with van der Waals surface area (Å²) < 4.78 is 0. The van der Waals surface area contributed by atoms with Gasteiger partial charge in [0.15, 0.2) is 5.78 Å². The third kappa shape index (κ3) is 2.75. The first-order chi connectivity index (χ1) is 7.98. The molecule has 2 heteroatoms. The Balaban J connectivity index is 2.17. The predicted octanol–water partition coefficient (Wildman–Crippen LogP) is 2.80. The second-order valence-corrected chi connectivity index (χ2v) is 5.64. The van der Waals surface area contributed by atoms with Gasteiger partial charge in [-0.15, -0.1) is 0 Å². The Morgan fingerprint density at radius 2 is 2.12 bits per heavy atom. The molecule has 1 aliphatic rings. The maximum atomic E-state index is 12.0. The van der Waals surface area contributed by atoms with E-state index < -0.39 is 5.54 Å². The van der Waals surface area contributed by atoms with Crippen LogP contribution in [0.1, 0.15) is 50.2 Å². The van der Waals surface area contributed by atoms with Crippen molar-refractivity contribution in [3.05, 3.63) is 35.4 Å². The fourth-order valence-corrected chi connectivity index (χ4v) is 2.55. The molecule has 92 valence electrons. The number of ketones is 1. The topological polar surface area (TPSA) is 43.1 Å². The molecular weight excluding hydrogens is 210 g/mol. The summed E-state index contributed by atoms with van der Waals surface area (Å²) in [7, 11) is 0. The normalized spacial score (nSPS) is 19.8. The van der Waals surface area contributed by atoms with E-state index in [2.05, 4.69) is 24.3 Å². The molecule has 0 heterocycles. The first-order valence-corrected chi connectivity index (χ1v) is 6.38. The molecule has 17 heavy (non-hydrogen) atoms. The number of benzene rings is 1. The van der Waals surface area contributed by atoms with Crippen molar-refractivity contribution >= 4 is 5.78 Å². The zero-order valence-corrected chi connectivity index (χ0v) is 10.7. The number of hydrogen-bond donors (Lipinski definition) is 1. The van der Waals surface area contributed by atoms with Crippen molar-refractivity contribution in [2.24, 2.45) is 5.73 Å². The van der Waals surface area contributed by atoms with Crippen molar-refractivity contribution in [1.82, 2.24) is 0 Å². The Morgan fingerprint density at radius 3 is 2.82 bits per heavy atom. The van der Waals surface area contributed by atoms with Gasteiger partial charge in [0, 0.05) is 6.42 Å². The van der Waals surface area contributed by atoms with Crippen LogP contribution in [0.3, 0.4) is 0 Å². The molecule has 1 aromatic carbocycles. The van der Waals surface area contributed by atoms with Crippen molar-refractivity contribution in [2.45, 2.75) is 51.0 Å². The molecule has 0 bridgehead atoms. The molecule has 1 aromatic rings. The molecule has 0 spiro atoms. The Bertz CT molecular complexity index is 417. The molecule has 1 unspecified atom stereocenters. The van der Waals surface area contributed by atoms with E-state index in [0.29, 0.717) is 12.3 Å². The number of carbonyl (C=O) groups excluding carboxylic acids is 1. The molecule has 1 atom stereocenters. The molecule has 0 fully saturated rings. The fraction of sp³-hybridized carbons (Fsp3) is 0.533. The third-order valence-corrected chi connectivity index (χ3v) is 3.64. The lowest BCUT2D eigenvalue weighted by Crippen LogP contribution is -2.42. The summed E-state index contributed by atoms with van der Waals surface area (Å²) in [6, 6.07) is 8.49. The molecule has 0 aromatic heterocycles.